The Morgan fingerprint density at radius 1 is 1.50 bits per heavy atom. The van der Waals surface area contributed by atoms with Gasteiger partial charge in [0.2, 0.25) is 5.91 Å². The number of imidazole rings is 1. The van der Waals surface area contributed by atoms with Crippen LogP contribution in [0.25, 0.3) is 11.7 Å². The van der Waals surface area contributed by atoms with Gasteiger partial charge in [0.25, 0.3) is 0 Å². The molecule has 4 nitrogen and oxygen atoms in total. The van der Waals surface area contributed by atoms with Crippen molar-refractivity contribution in [3.63, 3.8) is 0 Å². The zero-order chi connectivity index (χ0) is 13.0. The van der Waals surface area contributed by atoms with Crippen molar-refractivity contribution in [1.82, 2.24) is 14.7 Å². The van der Waals surface area contributed by atoms with Gasteiger partial charge in [-0.25, -0.2) is 4.98 Å². The second-order valence-corrected chi connectivity index (χ2v) is 4.58. The van der Waals surface area contributed by atoms with Crippen molar-refractivity contribution < 1.29 is 4.79 Å². The van der Waals surface area contributed by atoms with E-state index in [4.69, 9.17) is 0 Å². The topological polar surface area (TPSA) is 46.4 Å². The van der Waals surface area contributed by atoms with E-state index in [1.54, 1.807) is 18.3 Å². The van der Waals surface area contributed by atoms with Gasteiger partial charge in [-0.2, -0.15) is 0 Å². The second kappa shape index (κ2) is 5.49. The molecule has 1 amide bonds. The predicted octanol–water partition coefficient (Wildman–Crippen LogP) is 2.12. The first-order valence-corrected chi connectivity index (χ1v) is 6.05. The van der Waals surface area contributed by atoms with Crippen LogP contribution < -0.4 is 5.32 Å². The smallest absolute Gasteiger partial charge is 0.244 e. The molecule has 0 saturated carbocycles. The molecule has 0 aliphatic rings. The summed E-state index contributed by atoms with van der Waals surface area (Å²) in [6, 6.07) is 5.80. The maximum absolute atomic E-state index is 11.6. The number of hydrogen-bond acceptors (Lipinski definition) is 2. The lowest BCUT2D eigenvalue weighted by Crippen LogP contribution is -2.25. The molecule has 0 radical (unpaired) electrons. The van der Waals surface area contributed by atoms with Crippen LogP contribution in [0.15, 0.2) is 36.7 Å². The number of carbonyl (C=O) groups is 1. The summed E-state index contributed by atoms with van der Waals surface area (Å²) in [5.74, 6) is 0.382. The zero-order valence-corrected chi connectivity index (χ0v) is 10.6. The van der Waals surface area contributed by atoms with E-state index in [0.29, 0.717) is 12.5 Å². The lowest BCUT2D eigenvalue weighted by Gasteiger charge is -2.04. The van der Waals surface area contributed by atoms with Gasteiger partial charge in [-0.1, -0.05) is 19.9 Å². The SMILES string of the molecule is CC(C)CNC(=O)/C=C/c1cnc2ccccn12. The molecular formula is C14H17N3O. The molecular weight excluding hydrogens is 226 g/mol. The van der Waals surface area contributed by atoms with Crippen molar-refractivity contribution in [1.29, 1.82) is 0 Å². The minimum absolute atomic E-state index is 0.0745. The monoisotopic (exact) mass is 243 g/mol. The van der Waals surface area contributed by atoms with E-state index in [1.165, 1.54) is 0 Å². The molecule has 0 aromatic carbocycles. The van der Waals surface area contributed by atoms with Crippen LogP contribution in [0.4, 0.5) is 0 Å². The summed E-state index contributed by atoms with van der Waals surface area (Å²) in [5, 5.41) is 2.84. The van der Waals surface area contributed by atoms with E-state index in [-0.39, 0.29) is 5.91 Å². The number of nitrogens with zero attached hydrogens (tertiary/aromatic N) is 2. The number of hydrogen-bond donors (Lipinski definition) is 1. The Balaban J connectivity index is 2.07. The largest absolute Gasteiger partial charge is 0.352 e. The van der Waals surface area contributed by atoms with Crippen molar-refractivity contribution in [2.45, 2.75) is 13.8 Å². The molecule has 18 heavy (non-hydrogen) atoms. The fourth-order valence-corrected chi connectivity index (χ4v) is 1.60. The summed E-state index contributed by atoms with van der Waals surface area (Å²) >= 11 is 0. The van der Waals surface area contributed by atoms with Crippen LogP contribution in [0.5, 0.6) is 0 Å². The normalized spacial score (nSPS) is 11.5. The molecule has 2 aromatic rings. The van der Waals surface area contributed by atoms with Gasteiger partial charge in [-0.05, 0) is 24.1 Å². The number of amides is 1. The van der Waals surface area contributed by atoms with E-state index in [1.807, 2.05) is 28.8 Å². The predicted molar refractivity (Wildman–Crippen MR) is 72.1 cm³/mol. The Hall–Kier alpha value is -2.10. The number of nitrogens with one attached hydrogen (secondary N) is 1. The quantitative estimate of drug-likeness (QED) is 0.836. The lowest BCUT2D eigenvalue weighted by atomic mass is 10.2. The number of pyridine rings is 1. The summed E-state index contributed by atoms with van der Waals surface area (Å²) in [6.07, 6.45) is 6.99. The van der Waals surface area contributed by atoms with Crippen LogP contribution in [0.3, 0.4) is 0 Å². The number of rotatable bonds is 4. The van der Waals surface area contributed by atoms with Crippen molar-refractivity contribution in [2.75, 3.05) is 6.54 Å². The Labute approximate surface area is 106 Å². The van der Waals surface area contributed by atoms with Crippen LogP contribution in [0.1, 0.15) is 19.5 Å². The molecule has 94 valence electrons. The molecule has 0 saturated heterocycles. The summed E-state index contributed by atoms with van der Waals surface area (Å²) in [5.41, 5.74) is 1.77. The highest BCUT2D eigenvalue weighted by Gasteiger charge is 2.00. The molecule has 0 spiro atoms. The van der Waals surface area contributed by atoms with Crippen molar-refractivity contribution in [3.05, 3.63) is 42.4 Å². The van der Waals surface area contributed by atoms with Crippen LogP contribution in [-0.2, 0) is 4.79 Å². The van der Waals surface area contributed by atoms with Gasteiger partial charge in [0.05, 0.1) is 11.9 Å². The van der Waals surface area contributed by atoms with Crippen LogP contribution in [0, 0.1) is 5.92 Å². The molecule has 0 fully saturated rings. The summed E-state index contributed by atoms with van der Waals surface area (Å²) in [7, 11) is 0. The third-order valence-corrected chi connectivity index (χ3v) is 2.54. The molecule has 0 bridgehead atoms. The van der Waals surface area contributed by atoms with E-state index < -0.39 is 0 Å². The van der Waals surface area contributed by atoms with Gasteiger partial charge in [0.15, 0.2) is 0 Å². The average Bonchev–Trinajstić information content (AvgIpc) is 2.77. The van der Waals surface area contributed by atoms with Gasteiger partial charge in [-0.15, -0.1) is 0 Å². The highest BCUT2D eigenvalue weighted by atomic mass is 16.1. The molecule has 4 heteroatoms. The Bertz CT molecular complexity index is 569. The van der Waals surface area contributed by atoms with Gasteiger partial charge < -0.3 is 9.72 Å². The molecule has 2 rings (SSSR count). The number of carbonyl (C=O) groups excluding carboxylic acids is 1. The highest BCUT2D eigenvalue weighted by molar-refractivity contribution is 5.91. The van der Waals surface area contributed by atoms with E-state index >= 15 is 0 Å². The van der Waals surface area contributed by atoms with E-state index in [9.17, 15) is 4.79 Å². The van der Waals surface area contributed by atoms with Crippen LogP contribution in [-0.4, -0.2) is 21.8 Å². The number of aromatic nitrogens is 2. The molecule has 2 aromatic heterocycles. The summed E-state index contributed by atoms with van der Waals surface area (Å²) in [4.78, 5) is 15.8. The Kier molecular flexibility index (Phi) is 3.77. The zero-order valence-electron chi connectivity index (χ0n) is 10.6. The number of fused-ring (bicyclic) bond motifs is 1. The van der Waals surface area contributed by atoms with Crippen molar-refractivity contribution >= 4 is 17.6 Å². The highest BCUT2D eigenvalue weighted by Crippen LogP contribution is 2.07. The molecule has 0 aliphatic carbocycles. The first-order chi connectivity index (χ1) is 8.66. The van der Waals surface area contributed by atoms with Gasteiger partial charge in [-0.3, -0.25) is 4.79 Å². The molecule has 2 heterocycles. The third-order valence-electron chi connectivity index (χ3n) is 2.54. The second-order valence-electron chi connectivity index (χ2n) is 4.58. The first-order valence-electron chi connectivity index (χ1n) is 6.05. The fourth-order valence-electron chi connectivity index (χ4n) is 1.60. The molecule has 1 N–H and O–H groups in total. The minimum Gasteiger partial charge on any atom is -0.352 e. The maximum Gasteiger partial charge on any atom is 0.244 e. The van der Waals surface area contributed by atoms with Crippen molar-refractivity contribution in [3.8, 4) is 0 Å². The first kappa shape index (κ1) is 12.4. The lowest BCUT2D eigenvalue weighted by molar-refractivity contribution is -0.116. The Morgan fingerprint density at radius 3 is 3.11 bits per heavy atom. The van der Waals surface area contributed by atoms with Crippen LogP contribution >= 0.6 is 0 Å². The molecule has 0 aliphatic heterocycles. The minimum atomic E-state index is -0.0745. The molecule has 0 atom stereocenters. The third kappa shape index (κ3) is 2.97. The molecule has 0 unspecified atom stereocenters. The average molecular weight is 243 g/mol. The maximum atomic E-state index is 11.6. The van der Waals surface area contributed by atoms with E-state index in [2.05, 4.69) is 24.1 Å². The summed E-state index contributed by atoms with van der Waals surface area (Å²) in [6.45, 7) is 4.82. The van der Waals surface area contributed by atoms with Gasteiger partial charge in [0, 0.05) is 18.8 Å². The Morgan fingerprint density at radius 2 is 2.33 bits per heavy atom. The fraction of sp³-hybridized carbons (Fsp3) is 0.286. The van der Waals surface area contributed by atoms with Gasteiger partial charge >= 0.3 is 0 Å². The van der Waals surface area contributed by atoms with Crippen LogP contribution in [0.2, 0.25) is 0 Å². The van der Waals surface area contributed by atoms with E-state index in [0.717, 1.165) is 11.3 Å². The summed E-state index contributed by atoms with van der Waals surface area (Å²) < 4.78 is 1.94. The van der Waals surface area contributed by atoms with Crippen molar-refractivity contribution in [2.24, 2.45) is 5.92 Å². The standard InChI is InChI=1S/C14H17N3O/c1-11(2)9-16-14(18)7-6-12-10-15-13-5-3-4-8-17(12)13/h3-8,10-11H,9H2,1-2H3,(H,16,18)/b7-6+. The van der Waals surface area contributed by atoms with Gasteiger partial charge in [0.1, 0.15) is 5.65 Å².